The van der Waals surface area contributed by atoms with Crippen molar-refractivity contribution in [2.75, 3.05) is 25.0 Å². The number of hydrogen-bond acceptors (Lipinski definition) is 3. The number of urea groups is 1. The smallest absolute Gasteiger partial charge is 0.321 e. The molecule has 1 atom stereocenters. The second-order valence-electron chi connectivity index (χ2n) is 5.38. The Kier molecular flexibility index (Phi) is 6.05. The van der Waals surface area contributed by atoms with Gasteiger partial charge >= 0.3 is 6.03 Å². The number of nitrogens with zero attached hydrogens (tertiary/aromatic N) is 2. The fourth-order valence-electron chi connectivity index (χ4n) is 2.37. The Bertz CT molecular complexity index is 565. The van der Waals surface area contributed by atoms with Crippen LogP contribution < -0.4 is 5.32 Å². The van der Waals surface area contributed by atoms with E-state index >= 15 is 0 Å². The number of hydrogen-bond donors (Lipinski definition) is 1. The molecule has 1 aromatic carbocycles. The summed E-state index contributed by atoms with van der Waals surface area (Å²) in [5.41, 5.74) is 1.61. The fraction of sp³-hybridized carbons (Fsp3) is 0.500. The zero-order chi connectivity index (χ0) is 15.9. The SMILES string of the molecule is Cc1ccc(NC(=O)N(CCC#N)CC2CCCO2)cc1Cl. The molecule has 22 heavy (non-hydrogen) atoms. The van der Waals surface area contributed by atoms with Gasteiger partial charge in [-0.05, 0) is 37.5 Å². The molecule has 1 aliphatic heterocycles. The van der Waals surface area contributed by atoms with E-state index in [1.54, 1.807) is 11.0 Å². The van der Waals surface area contributed by atoms with E-state index in [0.29, 0.717) is 30.2 Å². The summed E-state index contributed by atoms with van der Waals surface area (Å²) < 4.78 is 5.57. The normalized spacial score (nSPS) is 17.0. The minimum atomic E-state index is -0.231. The Balaban J connectivity index is 2.00. The zero-order valence-electron chi connectivity index (χ0n) is 12.6. The summed E-state index contributed by atoms with van der Waals surface area (Å²) >= 11 is 6.07. The van der Waals surface area contributed by atoms with Crippen molar-refractivity contribution in [1.82, 2.24) is 4.90 Å². The molecule has 1 unspecified atom stereocenters. The molecule has 0 radical (unpaired) electrons. The number of amides is 2. The first kappa shape index (κ1) is 16.6. The van der Waals surface area contributed by atoms with Crippen LogP contribution in [0.3, 0.4) is 0 Å². The Morgan fingerprint density at radius 2 is 2.41 bits per heavy atom. The number of nitrogens with one attached hydrogen (secondary N) is 1. The van der Waals surface area contributed by atoms with Gasteiger partial charge in [0.25, 0.3) is 0 Å². The maximum absolute atomic E-state index is 12.4. The van der Waals surface area contributed by atoms with Gasteiger partial charge in [0.15, 0.2) is 0 Å². The van der Waals surface area contributed by atoms with E-state index in [9.17, 15) is 4.79 Å². The molecular formula is C16H20ClN3O2. The molecule has 1 fully saturated rings. The Morgan fingerprint density at radius 3 is 3.05 bits per heavy atom. The molecule has 6 heteroatoms. The zero-order valence-corrected chi connectivity index (χ0v) is 13.4. The number of carbonyl (C=O) groups is 1. The van der Waals surface area contributed by atoms with Gasteiger partial charge in [-0.2, -0.15) is 5.26 Å². The monoisotopic (exact) mass is 321 g/mol. The molecule has 0 aliphatic carbocycles. The van der Waals surface area contributed by atoms with Crippen LogP contribution in [-0.2, 0) is 4.74 Å². The summed E-state index contributed by atoms with van der Waals surface area (Å²) in [5, 5.41) is 12.2. The minimum absolute atomic E-state index is 0.0612. The van der Waals surface area contributed by atoms with Gasteiger partial charge in [-0.3, -0.25) is 0 Å². The predicted octanol–water partition coefficient (Wildman–Crippen LogP) is 3.58. The van der Waals surface area contributed by atoms with Gasteiger partial charge in [-0.1, -0.05) is 17.7 Å². The molecule has 5 nitrogen and oxygen atoms in total. The van der Waals surface area contributed by atoms with Gasteiger partial charge in [0, 0.05) is 30.4 Å². The number of ether oxygens (including phenoxy) is 1. The van der Waals surface area contributed by atoms with Crippen LogP contribution in [0.15, 0.2) is 18.2 Å². The standard InChI is InChI=1S/C16H20ClN3O2/c1-12-5-6-13(10-15(12)17)19-16(21)20(8-3-7-18)11-14-4-2-9-22-14/h5-6,10,14H,2-4,8-9,11H2,1H3,(H,19,21). The summed E-state index contributed by atoms with van der Waals surface area (Å²) in [4.78, 5) is 14.0. The lowest BCUT2D eigenvalue weighted by Gasteiger charge is -2.25. The van der Waals surface area contributed by atoms with Crippen molar-refractivity contribution in [1.29, 1.82) is 5.26 Å². The maximum atomic E-state index is 12.4. The Morgan fingerprint density at radius 1 is 1.59 bits per heavy atom. The van der Waals surface area contributed by atoms with E-state index in [-0.39, 0.29) is 12.1 Å². The first-order valence-electron chi connectivity index (χ1n) is 7.41. The van der Waals surface area contributed by atoms with E-state index in [2.05, 4.69) is 11.4 Å². The minimum Gasteiger partial charge on any atom is -0.376 e. The lowest BCUT2D eigenvalue weighted by Crippen LogP contribution is -2.40. The van der Waals surface area contributed by atoms with Crippen LogP contribution in [0.1, 0.15) is 24.8 Å². The van der Waals surface area contributed by atoms with Crippen LogP contribution in [0.5, 0.6) is 0 Å². The van der Waals surface area contributed by atoms with Crippen LogP contribution in [-0.4, -0.2) is 36.7 Å². The van der Waals surface area contributed by atoms with Gasteiger partial charge in [0.1, 0.15) is 0 Å². The van der Waals surface area contributed by atoms with Crippen molar-refractivity contribution in [2.24, 2.45) is 0 Å². The summed E-state index contributed by atoms with van der Waals surface area (Å²) in [6.45, 7) is 3.55. The number of aryl methyl sites for hydroxylation is 1. The summed E-state index contributed by atoms with van der Waals surface area (Å²) in [6, 6.07) is 7.24. The number of benzene rings is 1. The maximum Gasteiger partial charge on any atom is 0.321 e. The van der Waals surface area contributed by atoms with E-state index < -0.39 is 0 Å². The van der Waals surface area contributed by atoms with Crippen molar-refractivity contribution in [3.8, 4) is 6.07 Å². The first-order chi connectivity index (χ1) is 10.6. The number of nitriles is 1. The second-order valence-corrected chi connectivity index (χ2v) is 5.79. The highest BCUT2D eigenvalue weighted by molar-refractivity contribution is 6.31. The summed E-state index contributed by atoms with van der Waals surface area (Å²) in [7, 11) is 0. The molecule has 118 valence electrons. The topological polar surface area (TPSA) is 65.4 Å². The highest BCUT2D eigenvalue weighted by Gasteiger charge is 2.22. The van der Waals surface area contributed by atoms with Crippen LogP contribution in [0.2, 0.25) is 5.02 Å². The van der Waals surface area contributed by atoms with Gasteiger partial charge in [0.05, 0.1) is 18.6 Å². The number of rotatable bonds is 5. The summed E-state index contributed by atoms with van der Waals surface area (Å²) in [5.74, 6) is 0. The van der Waals surface area contributed by atoms with Crippen molar-refractivity contribution in [3.63, 3.8) is 0 Å². The molecule has 2 amide bonds. The van der Waals surface area contributed by atoms with Crippen LogP contribution in [0, 0.1) is 18.3 Å². The molecule has 0 aromatic heterocycles. The third-order valence-electron chi connectivity index (χ3n) is 3.65. The highest BCUT2D eigenvalue weighted by Crippen LogP contribution is 2.20. The Labute approximate surface area is 135 Å². The van der Waals surface area contributed by atoms with Gasteiger partial charge in [-0.25, -0.2) is 4.79 Å². The fourth-order valence-corrected chi connectivity index (χ4v) is 2.55. The predicted molar refractivity (Wildman–Crippen MR) is 86.0 cm³/mol. The van der Waals surface area contributed by atoms with Crippen molar-refractivity contribution >= 4 is 23.3 Å². The molecular weight excluding hydrogens is 302 g/mol. The third-order valence-corrected chi connectivity index (χ3v) is 4.06. The van der Waals surface area contributed by atoms with Crippen LogP contribution in [0.4, 0.5) is 10.5 Å². The largest absolute Gasteiger partial charge is 0.376 e. The number of halogens is 1. The van der Waals surface area contributed by atoms with Crippen LogP contribution >= 0.6 is 11.6 Å². The van der Waals surface area contributed by atoms with Gasteiger partial charge < -0.3 is 15.0 Å². The average molecular weight is 322 g/mol. The molecule has 0 spiro atoms. The number of anilines is 1. The Hall–Kier alpha value is -1.77. The number of carbonyl (C=O) groups excluding carboxylic acids is 1. The van der Waals surface area contributed by atoms with Crippen LogP contribution in [0.25, 0.3) is 0 Å². The molecule has 0 bridgehead atoms. The van der Waals surface area contributed by atoms with Gasteiger partial charge in [-0.15, -0.1) is 0 Å². The van der Waals surface area contributed by atoms with Crippen molar-refractivity contribution in [2.45, 2.75) is 32.3 Å². The van der Waals surface area contributed by atoms with Crippen molar-refractivity contribution < 1.29 is 9.53 Å². The van der Waals surface area contributed by atoms with E-state index in [0.717, 1.165) is 25.0 Å². The van der Waals surface area contributed by atoms with E-state index in [4.69, 9.17) is 21.6 Å². The average Bonchev–Trinajstić information content (AvgIpc) is 3.00. The summed E-state index contributed by atoms with van der Waals surface area (Å²) in [6.07, 6.45) is 2.33. The molecule has 0 saturated carbocycles. The lowest BCUT2D eigenvalue weighted by atomic mass is 10.2. The van der Waals surface area contributed by atoms with E-state index in [1.807, 2.05) is 19.1 Å². The molecule has 1 aromatic rings. The molecule has 2 rings (SSSR count). The molecule has 1 saturated heterocycles. The highest BCUT2D eigenvalue weighted by atomic mass is 35.5. The second kappa shape index (κ2) is 8.02. The third kappa shape index (κ3) is 4.62. The molecule has 1 aliphatic rings. The van der Waals surface area contributed by atoms with Crippen molar-refractivity contribution in [3.05, 3.63) is 28.8 Å². The van der Waals surface area contributed by atoms with Gasteiger partial charge in [0.2, 0.25) is 0 Å². The molecule has 1 heterocycles. The first-order valence-corrected chi connectivity index (χ1v) is 7.78. The molecule has 1 N–H and O–H groups in total. The lowest BCUT2D eigenvalue weighted by molar-refractivity contribution is 0.0841. The quantitative estimate of drug-likeness (QED) is 0.901. The van der Waals surface area contributed by atoms with E-state index in [1.165, 1.54) is 0 Å².